The van der Waals surface area contributed by atoms with Crippen LogP contribution < -0.4 is 15.1 Å². The molecule has 1 fully saturated rings. The summed E-state index contributed by atoms with van der Waals surface area (Å²) in [6.07, 6.45) is 7.08. The van der Waals surface area contributed by atoms with E-state index >= 15 is 0 Å². The van der Waals surface area contributed by atoms with E-state index in [-0.39, 0.29) is 18.4 Å². The lowest BCUT2D eigenvalue weighted by molar-refractivity contribution is -0.115. The molecule has 26 heavy (non-hydrogen) atoms. The van der Waals surface area contributed by atoms with Crippen LogP contribution in [0.5, 0.6) is 0 Å². The topological polar surface area (TPSA) is 78.4 Å². The average Bonchev–Trinajstić information content (AvgIpc) is 2.67. The van der Waals surface area contributed by atoms with E-state index in [2.05, 4.69) is 27.1 Å². The van der Waals surface area contributed by atoms with Crippen LogP contribution in [0.25, 0.3) is 0 Å². The SMILES string of the molecule is CC1CCN(c2ccc(C(=O)N3CC(=O)Nc4cnccc43)cn2)CC1. The molecule has 0 spiro atoms. The third-order valence-corrected chi connectivity index (χ3v) is 5.01. The van der Waals surface area contributed by atoms with E-state index < -0.39 is 0 Å². The third-order valence-electron chi connectivity index (χ3n) is 5.01. The van der Waals surface area contributed by atoms with Gasteiger partial charge in [0.25, 0.3) is 5.91 Å². The fraction of sp³-hybridized carbons (Fsp3) is 0.368. The summed E-state index contributed by atoms with van der Waals surface area (Å²) < 4.78 is 0. The van der Waals surface area contributed by atoms with E-state index in [1.54, 1.807) is 30.7 Å². The molecule has 0 saturated carbocycles. The Labute approximate surface area is 152 Å². The first-order valence-corrected chi connectivity index (χ1v) is 8.88. The Morgan fingerprint density at radius 3 is 2.73 bits per heavy atom. The maximum Gasteiger partial charge on any atom is 0.260 e. The minimum absolute atomic E-state index is 0.0123. The molecule has 2 aliphatic rings. The Kier molecular flexibility index (Phi) is 4.28. The zero-order chi connectivity index (χ0) is 18.1. The lowest BCUT2D eigenvalue weighted by Crippen LogP contribution is -2.42. The number of amides is 2. The number of hydrogen-bond acceptors (Lipinski definition) is 5. The van der Waals surface area contributed by atoms with E-state index in [1.165, 1.54) is 4.90 Å². The van der Waals surface area contributed by atoms with Crippen LogP contribution in [0.4, 0.5) is 17.2 Å². The summed E-state index contributed by atoms with van der Waals surface area (Å²) >= 11 is 0. The number of carbonyl (C=O) groups excluding carboxylic acids is 2. The molecular formula is C19H21N5O2. The summed E-state index contributed by atoms with van der Waals surface area (Å²) in [4.78, 5) is 37.0. The number of nitrogens with zero attached hydrogens (tertiary/aromatic N) is 4. The molecular weight excluding hydrogens is 330 g/mol. The number of anilines is 3. The Hall–Kier alpha value is -2.96. The standard InChI is InChI=1S/C19H21N5O2/c1-13-5-8-23(9-6-13)17-3-2-14(10-21-17)19(26)24-12-18(25)22-15-11-20-7-4-16(15)24/h2-4,7,10-11,13H,5-6,8-9,12H2,1H3,(H,22,25). The van der Waals surface area contributed by atoms with E-state index in [1.807, 2.05) is 6.07 Å². The fourth-order valence-corrected chi connectivity index (χ4v) is 3.41. The van der Waals surface area contributed by atoms with E-state index in [0.717, 1.165) is 37.7 Å². The van der Waals surface area contributed by atoms with Gasteiger partial charge in [0.15, 0.2) is 0 Å². The van der Waals surface area contributed by atoms with Crippen molar-refractivity contribution in [1.29, 1.82) is 0 Å². The molecule has 2 amide bonds. The molecule has 0 unspecified atom stereocenters. The minimum atomic E-state index is -0.237. The van der Waals surface area contributed by atoms with E-state index in [0.29, 0.717) is 16.9 Å². The molecule has 1 N–H and O–H groups in total. The summed E-state index contributed by atoms with van der Waals surface area (Å²) in [6, 6.07) is 5.40. The number of fused-ring (bicyclic) bond motifs is 1. The van der Waals surface area contributed by atoms with Gasteiger partial charge in [-0.3, -0.25) is 19.5 Å². The molecule has 4 rings (SSSR count). The quantitative estimate of drug-likeness (QED) is 0.898. The number of carbonyl (C=O) groups is 2. The van der Waals surface area contributed by atoms with Crippen LogP contribution in [0, 0.1) is 5.92 Å². The van der Waals surface area contributed by atoms with Gasteiger partial charge in [0.1, 0.15) is 12.4 Å². The number of hydrogen-bond donors (Lipinski definition) is 1. The predicted molar refractivity (Wildman–Crippen MR) is 99.4 cm³/mol. The van der Waals surface area contributed by atoms with E-state index in [9.17, 15) is 9.59 Å². The van der Waals surface area contributed by atoms with Gasteiger partial charge in [0, 0.05) is 25.5 Å². The van der Waals surface area contributed by atoms with Gasteiger partial charge in [-0.25, -0.2) is 4.98 Å². The second-order valence-corrected chi connectivity index (χ2v) is 6.91. The predicted octanol–water partition coefficient (Wildman–Crippen LogP) is 2.31. The highest BCUT2D eigenvalue weighted by molar-refractivity contribution is 6.14. The largest absolute Gasteiger partial charge is 0.357 e. The van der Waals surface area contributed by atoms with Gasteiger partial charge in [-0.05, 0) is 37.0 Å². The molecule has 7 nitrogen and oxygen atoms in total. The highest BCUT2D eigenvalue weighted by atomic mass is 16.2. The van der Waals surface area contributed by atoms with Gasteiger partial charge in [-0.1, -0.05) is 6.92 Å². The molecule has 1 saturated heterocycles. The number of piperidine rings is 1. The lowest BCUT2D eigenvalue weighted by atomic mass is 9.99. The molecule has 4 heterocycles. The normalized spacial score (nSPS) is 17.7. The van der Waals surface area contributed by atoms with Crippen molar-refractivity contribution in [3.63, 3.8) is 0 Å². The Balaban J connectivity index is 1.55. The van der Waals surface area contributed by atoms with Crippen molar-refractivity contribution in [3.8, 4) is 0 Å². The van der Waals surface area contributed by atoms with Crippen LogP contribution in [-0.2, 0) is 4.79 Å². The fourth-order valence-electron chi connectivity index (χ4n) is 3.41. The molecule has 2 aliphatic heterocycles. The molecule has 7 heteroatoms. The van der Waals surface area contributed by atoms with Crippen molar-refractivity contribution >= 4 is 29.0 Å². The van der Waals surface area contributed by atoms with Crippen LogP contribution >= 0.6 is 0 Å². The smallest absolute Gasteiger partial charge is 0.260 e. The van der Waals surface area contributed by atoms with Gasteiger partial charge < -0.3 is 10.2 Å². The summed E-state index contributed by atoms with van der Waals surface area (Å²) in [7, 11) is 0. The number of aromatic nitrogens is 2. The molecule has 0 radical (unpaired) electrons. The summed E-state index contributed by atoms with van der Waals surface area (Å²) in [5.74, 6) is 1.19. The highest BCUT2D eigenvalue weighted by Gasteiger charge is 2.28. The first-order valence-electron chi connectivity index (χ1n) is 8.88. The maximum absolute atomic E-state index is 12.9. The zero-order valence-electron chi connectivity index (χ0n) is 14.7. The molecule has 0 bridgehead atoms. The third kappa shape index (κ3) is 3.12. The summed E-state index contributed by atoms with van der Waals surface area (Å²) in [6.45, 7) is 4.25. The monoisotopic (exact) mass is 351 g/mol. The Bertz CT molecular complexity index is 828. The number of nitrogens with one attached hydrogen (secondary N) is 1. The van der Waals surface area contributed by atoms with E-state index in [4.69, 9.17) is 0 Å². The van der Waals surface area contributed by atoms with Crippen molar-refractivity contribution in [3.05, 3.63) is 42.4 Å². The van der Waals surface area contributed by atoms with Crippen LogP contribution in [0.15, 0.2) is 36.8 Å². The first-order chi connectivity index (χ1) is 12.6. The van der Waals surface area contributed by atoms with Gasteiger partial charge >= 0.3 is 0 Å². The van der Waals surface area contributed by atoms with Crippen molar-refractivity contribution in [1.82, 2.24) is 9.97 Å². The molecule has 0 aromatic carbocycles. The zero-order valence-corrected chi connectivity index (χ0v) is 14.7. The molecule has 0 atom stereocenters. The second kappa shape index (κ2) is 6.74. The summed E-state index contributed by atoms with van der Waals surface area (Å²) in [5, 5.41) is 2.73. The molecule has 134 valence electrons. The van der Waals surface area contributed by atoms with Crippen molar-refractivity contribution in [2.75, 3.05) is 34.8 Å². The van der Waals surface area contributed by atoms with Gasteiger partial charge in [-0.15, -0.1) is 0 Å². The van der Waals surface area contributed by atoms with Crippen LogP contribution in [0.3, 0.4) is 0 Å². The molecule has 2 aromatic heterocycles. The molecule has 0 aliphatic carbocycles. The van der Waals surface area contributed by atoms with Crippen molar-refractivity contribution in [2.45, 2.75) is 19.8 Å². The lowest BCUT2D eigenvalue weighted by Gasteiger charge is -2.31. The van der Waals surface area contributed by atoms with Crippen LogP contribution in [0.2, 0.25) is 0 Å². The van der Waals surface area contributed by atoms with Crippen molar-refractivity contribution < 1.29 is 9.59 Å². The van der Waals surface area contributed by atoms with Crippen molar-refractivity contribution in [2.24, 2.45) is 5.92 Å². The molecule has 2 aromatic rings. The van der Waals surface area contributed by atoms with Gasteiger partial charge in [-0.2, -0.15) is 0 Å². The maximum atomic E-state index is 12.9. The highest BCUT2D eigenvalue weighted by Crippen LogP contribution is 2.29. The minimum Gasteiger partial charge on any atom is -0.357 e. The first kappa shape index (κ1) is 16.5. The number of rotatable bonds is 2. The van der Waals surface area contributed by atoms with Crippen LogP contribution in [-0.4, -0.2) is 41.4 Å². The Morgan fingerprint density at radius 1 is 1.19 bits per heavy atom. The average molecular weight is 351 g/mol. The van der Waals surface area contributed by atoms with Gasteiger partial charge in [0.2, 0.25) is 5.91 Å². The van der Waals surface area contributed by atoms with Crippen LogP contribution in [0.1, 0.15) is 30.1 Å². The summed E-state index contributed by atoms with van der Waals surface area (Å²) in [5.41, 5.74) is 1.67. The Morgan fingerprint density at radius 2 is 2.00 bits per heavy atom. The van der Waals surface area contributed by atoms with Gasteiger partial charge in [0.05, 0.1) is 23.1 Å². The second-order valence-electron chi connectivity index (χ2n) is 6.91. The number of pyridine rings is 2.